The molecule has 0 saturated heterocycles. The fourth-order valence-corrected chi connectivity index (χ4v) is 2.38. The molecule has 0 aliphatic heterocycles. The highest BCUT2D eigenvalue weighted by Gasteiger charge is 2.09. The second-order valence-corrected chi connectivity index (χ2v) is 5.21. The topological polar surface area (TPSA) is 39.1 Å². The van der Waals surface area contributed by atoms with Gasteiger partial charge in [0.15, 0.2) is 0 Å². The Morgan fingerprint density at radius 3 is 2.95 bits per heavy atom. The van der Waals surface area contributed by atoms with Gasteiger partial charge in [-0.05, 0) is 43.5 Å². The van der Waals surface area contributed by atoms with Crippen molar-refractivity contribution < 1.29 is 9.13 Å². The second-order valence-electron chi connectivity index (χ2n) is 5.21. The average Bonchev–Trinajstić information content (AvgIpc) is 2.90. The standard InChI is InChI=1S/C16H22FN3O/c1-12-10-15(17)5-4-14(12)6-7-18-16-19-8-9-20(16)13(2)11-21-3/h4-5,8-10,13H,6-7,11H2,1-3H3,(H,18,19). The number of aryl methyl sites for hydroxylation is 1. The van der Waals surface area contributed by atoms with E-state index < -0.39 is 0 Å². The maximum atomic E-state index is 13.1. The first kappa shape index (κ1) is 15.5. The molecule has 2 rings (SSSR count). The number of ether oxygens (including phenoxy) is 1. The van der Waals surface area contributed by atoms with Crippen molar-refractivity contribution in [3.8, 4) is 0 Å². The van der Waals surface area contributed by atoms with Crippen LogP contribution in [0.2, 0.25) is 0 Å². The van der Waals surface area contributed by atoms with Crippen molar-refractivity contribution in [3.63, 3.8) is 0 Å². The van der Waals surface area contributed by atoms with Crippen molar-refractivity contribution in [2.75, 3.05) is 25.6 Å². The van der Waals surface area contributed by atoms with Crippen LogP contribution in [-0.2, 0) is 11.2 Å². The Bertz CT molecular complexity index is 583. The lowest BCUT2D eigenvalue weighted by molar-refractivity contribution is 0.163. The highest BCUT2D eigenvalue weighted by molar-refractivity contribution is 5.30. The molecule has 1 atom stereocenters. The number of anilines is 1. The van der Waals surface area contributed by atoms with Crippen LogP contribution in [0, 0.1) is 12.7 Å². The predicted molar refractivity (Wildman–Crippen MR) is 82.1 cm³/mol. The van der Waals surface area contributed by atoms with Gasteiger partial charge in [-0.1, -0.05) is 6.07 Å². The molecule has 5 heteroatoms. The molecule has 0 aliphatic carbocycles. The number of halogens is 1. The van der Waals surface area contributed by atoms with Gasteiger partial charge in [-0.25, -0.2) is 9.37 Å². The third-order valence-electron chi connectivity index (χ3n) is 3.53. The molecule has 0 radical (unpaired) electrons. The maximum absolute atomic E-state index is 13.1. The van der Waals surface area contributed by atoms with Gasteiger partial charge < -0.3 is 14.6 Å². The van der Waals surface area contributed by atoms with Crippen molar-refractivity contribution in [3.05, 3.63) is 47.5 Å². The lowest BCUT2D eigenvalue weighted by Crippen LogP contribution is -2.16. The van der Waals surface area contributed by atoms with Crippen LogP contribution in [-0.4, -0.2) is 29.8 Å². The molecule has 0 amide bonds. The van der Waals surface area contributed by atoms with Crippen molar-refractivity contribution in [1.82, 2.24) is 9.55 Å². The van der Waals surface area contributed by atoms with Crippen LogP contribution in [0.15, 0.2) is 30.6 Å². The summed E-state index contributed by atoms with van der Waals surface area (Å²) in [4.78, 5) is 4.32. The predicted octanol–water partition coefficient (Wildman–Crippen LogP) is 3.19. The maximum Gasteiger partial charge on any atom is 0.203 e. The average molecular weight is 291 g/mol. The van der Waals surface area contributed by atoms with Gasteiger partial charge in [-0.15, -0.1) is 0 Å². The van der Waals surface area contributed by atoms with Crippen LogP contribution in [0.3, 0.4) is 0 Å². The van der Waals surface area contributed by atoms with Crippen LogP contribution in [0.25, 0.3) is 0 Å². The summed E-state index contributed by atoms with van der Waals surface area (Å²) in [6.07, 6.45) is 4.55. The first-order valence-electron chi connectivity index (χ1n) is 7.12. The van der Waals surface area contributed by atoms with E-state index in [1.54, 1.807) is 19.4 Å². The van der Waals surface area contributed by atoms with Crippen molar-refractivity contribution in [1.29, 1.82) is 0 Å². The van der Waals surface area contributed by atoms with Crippen LogP contribution < -0.4 is 5.32 Å². The second kappa shape index (κ2) is 7.22. The van der Waals surface area contributed by atoms with Crippen molar-refractivity contribution >= 4 is 5.95 Å². The van der Waals surface area contributed by atoms with E-state index >= 15 is 0 Å². The summed E-state index contributed by atoms with van der Waals surface area (Å²) in [5.74, 6) is 0.646. The van der Waals surface area contributed by atoms with Crippen LogP contribution in [0.1, 0.15) is 24.1 Å². The summed E-state index contributed by atoms with van der Waals surface area (Å²) in [6, 6.07) is 5.14. The Hall–Kier alpha value is -1.88. The number of imidazole rings is 1. The Balaban J connectivity index is 1.93. The summed E-state index contributed by atoms with van der Waals surface area (Å²) < 4.78 is 20.3. The Morgan fingerprint density at radius 1 is 1.43 bits per heavy atom. The SMILES string of the molecule is COCC(C)n1ccnc1NCCc1ccc(F)cc1C. The molecule has 2 aromatic rings. The summed E-state index contributed by atoms with van der Waals surface area (Å²) in [5, 5.41) is 3.33. The smallest absolute Gasteiger partial charge is 0.203 e. The Labute approximate surface area is 125 Å². The van der Waals surface area contributed by atoms with E-state index in [0.717, 1.165) is 30.0 Å². The molecule has 0 fully saturated rings. The molecule has 4 nitrogen and oxygen atoms in total. The van der Waals surface area contributed by atoms with Crippen LogP contribution >= 0.6 is 0 Å². The van der Waals surface area contributed by atoms with E-state index in [-0.39, 0.29) is 11.9 Å². The van der Waals surface area contributed by atoms with Gasteiger partial charge in [0.25, 0.3) is 0 Å². The fraction of sp³-hybridized carbons (Fsp3) is 0.438. The normalized spacial score (nSPS) is 12.4. The highest BCUT2D eigenvalue weighted by Crippen LogP contribution is 2.15. The molecule has 1 N–H and O–H groups in total. The van der Waals surface area contributed by atoms with Gasteiger partial charge in [-0.2, -0.15) is 0 Å². The fourth-order valence-electron chi connectivity index (χ4n) is 2.38. The number of aromatic nitrogens is 2. The highest BCUT2D eigenvalue weighted by atomic mass is 19.1. The number of nitrogens with zero attached hydrogens (tertiary/aromatic N) is 2. The van der Waals surface area contributed by atoms with Crippen molar-refractivity contribution in [2.24, 2.45) is 0 Å². The van der Waals surface area contributed by atoms with E-state index in [1.165, 1.54) is 6.07 Å². The first-order valence-corrected chi connectivity index (χ1v) is 7.12. The van der Waals surface area contributed by atoms with Crippen LogP contribution in [0.4, 0.5) is 10.3 Å². The zero-order valence-electron chi connectivity index (χ0n) is 12.8. The lowest BCUT2D eigenvalue weighted by atomic mass is 10.1. The molecule has 21 heavy (non-hydrogen) atoms. The minimum atomic E-state index is -0.187. The quantitative estimate of drug-likeness (QED) is 0.851. The lowest BCUT2D eigenvalue weighted by Gasteiger charge is -2.16. The summed E-state index contributed by atoms with van der Waals surface area (Å²) in [7, 11) is 1.69. The third kappa shape index (κ3) is 4.04. The van der Waals surface area contributed by atoms with Gasteiger partial charge in [-0.3, -0.25) is 0 Å². The molecule has 0 bridgehead atoms. The molecule has 1 unspecified atom stereocenters. The van der Waals surface area contributed by atoms with Crippen LogP contribution in [0.5, 0.6) is 0 Å². The number of hydrogen-bond donors (Lipinski definition) is 1. The van der Waals surface area contributed by atoms with Gasteiger partial charge in [0, 0.05) is 26.0 Å². The zero-order chi connectivity index (χ0) is 15.2. The molecule has 1 aromatic heterocycles. The minimum absolute atomic E-state index is 0.187. The molecule has 0 aliphatic rings. The Morgan fingerprint density at radius 2 is 2.24 bits per heavy atom. The van der Waals surface area contributed by atoms with E-state index in [4.69, 9.17) is 4.74 Å². The third-order valence-corrected chi connectivity index (χ3v) is 3.53. The van der Waals surface area contributed by atoms with Gasteiger partial charge in [0.05, 0.1) is 12.6 Å². The number of methoxy groups -OCH3 is 1. The molecule has 1 heterocycles. The largest absolute Gasteiger partial charge is 0.383 e. The number of nitrogens with one attached hydrogen (secondary N) is 1. The summed E-state index contributed by atoms with van der Waals surface area (Å²) in [6.45, 7) is 5.41. The molecule has 0 saturated carbocycles. The molecular weight excluding hydrogens is 269 g/mol. The monoisotopic (exact) mass is 291 g/mol. The number of hydrogen-bond acceptors (Lipinski definition) is 3. The summed E-state index contributed by atoms with van der Waals surface area (Å²) in [5.41, 5.74) is 2.12. The van der Waals surface area contributed by atoms with E-state index in [9.17, 15) is 4.39 Å². The number of benzene rings is 1. The Kier molecular flexibility index (Phi) is 5.33. The first-order chi connectivity index (χ1) is 10.1. The zero-order valence-corrected chi connectivity index (χ0v) is 12.8. The van der Waals surface area contributed by atoms with Gasteiger partial charge in [0.1, 0.15) is 5.82 Å². The van der Waals surface area contributed by atoms with E-state index in [1.807, 2.05) is 19.2 Å². The van der Waals surface area contributed by atoms with Crippen molar-refractivity contribution in [2.45, 2.75) is 26.3 Å². The number of rotatable bonds is 7. The molecule has 1 aromatic carbocycles. The summed E-state index contributed by atoms with van der Waals surface area (Å²) >= 11 is 0. The van der Waals surface area contributed by atoms with Gasteiger partial charge >= 0.3 is 0 Å². The van der Waals surface area contributed by atoms with E-state index in [0.29, 0.717) is 6.61 Å². The minimum Gasteiger partial charge on any atom is -0.383 e. The molecule has 0 spiro atoms. The van der Waals surface area contributed by atoms with Gasteiger partial charge in [0.2, 0.25) is 5.95 Å². The van der Waals surface area contributed by atoms with E-state index in [2.05, 4.69) is 21.8 Å². The molecule has 114 valence electrons. The molecular formula is C16H22FN3O.